The molecule has 1 N–H and O–H groups in total. The number of amides is 1. The zero-order chi connectivity index (χ0) is 19.6. The molecule has 0 aliphatic carbocycles. The predicted molar refractivity (Wildman–Crippen MR) is 111 cm³/mol. The molecule has 0 spiro atoms. The predicted octanol–water partition coefficient (Wildman–Crippen LogP) is 4.86. The van der Waals surface area contributed by atoms with Crippen LogP contribution in [0.4, 0.5) is 0 Å². The van der Waals surface area contributed by atoms with Crippen LogP contribution >= 0.6 is 11.6 Å². The maximum atomic E-state index is 12.8. The Balaban J connectivity index is 2.20. The van der Waals surface area contributed by atoms with Crippen LogP contribution in [0.15, 0.2) is 36.4 Å². The van der Waals surface area contributed by atoms with Crippen LogP contribution in [0.1, 0.15) is 27.0 Å². The van der Waals surface area contributed by atoms with E-state index in [2.05, 4.69) is 31.3 Å². The molecule has 0 atom stereocenters. The van der Waals surface area contributed by atoms with E-state index < -0.39 is 0 Å². The number of benzene rings is 2. The third-order valence-corrected chi connectivity index (χ3v) is 5.07. The van der Waals surface area contributed by atoms with Gasteiger partial charge in [0.05, 0.1) is 23.4 Å². The van der Waals surface area contributed by atoms with Crippen molar-refractivity contribution in [1.82, 2.24) is 10.3 Å². The molecule has 0 aliphatic heterocycles. The van der Waals surface area contributed by atoms with Gasteiger partial charge >= 0.3 is 0 Å². The van der Waals surface area contributed by atoms with Gasteiger partial charge in [-0.05, 0) is 44.0 Å². The first kappa shape index (κ1) is 19.3. The fourth-order valence-corrected chi connectivity index (χ4v) is 3.35. The highest BCUT2D eigenvalue weighted by Crippen LogP contribution is 2.31. The van der Waals surface area contributed by atoms with Gasteiger partial charge in [-0.2, -0.15) is 0 Å². The molecule has 0 unspecified atom stereocenters. The minimum Gasteiger partial charge on any atom is -0.383 e. The molecule has 0 bridgehead atoms. The average Bonchev–Trinajstić information content (AvgIpc) is 2.64. The van der Waals surface area contributed by atoms with Crippen LogP contribution in [0, 0.1) is 20.8 Å². The topological polar surface area (TPSA) is 51.2 Å². The number of nitrogens with one attached hydrogen (secondary N) is 1. The molecule has 27 heavy (non-hydrogen) atoms. The molecular formula is C22H23ClN2O2. The smallest absolute Gasteiger partial charge is 0.252 e. The Morgan fingerprint density at radius 3 is 2.63 bits per heavy atom. The lowest BCUT2D eigenvalue weighted by Gasteiger charge is -2.14. The second kappa shape index (κ2) is 8.07. The quantitative estimate of drug-likeness (QED) is 0.641. The first-order chi connectivity index (χ1) is 12.9. The summed E-state index contributed by atoms with van der Waals surface area (Å²) in [6.07, 6.45) is 0. The number of aryl methyl sites for hydroxylation is 3. The fourth-order valence-electron chi connectivity index (χ4n) is 3.19. The lowest BCUT2D eigenvalue weighted by Crippen LogP contribution is -2.27. The van der Waals surface area contributed by atoms with Crippen molar-refractivity contribution in [3.8, 4) is 11.3 Å². The van der Waals surface area contributed by atoms with Crippen LogP contribution < -0.4 is 5.32 Å². The second-order valence-corrected chi connectivity index (χ2v) is 7.10. The maximum Gasteiger partial charge on any atom is 0.252 e. The molecular weight excluding hydrogens is 360 g/mol. The van der Waals surface area contributed by atoms with Gasteiger partial charge in [-0.15, -0.1) is 0 Å². The van der Waals surface area contributed by atoms with Gasteiger partial charge in [-0.3, -0.25) is 4.79 Å². The van der Waals surface area contributed by atoms with Crippen molar-refractivity contribution in [2.45, 2.75) is 20.8 Å². The monoisotopic (exact) mass is 382 g/mol. The zero-order valence-electron chi connectivity index (χ0n) is 16.0. The Morgan fingerprint density at radius 2 is 1.93 bits per heavy atom. The highest BCUT2D eigenvalue weighted by atomic mass is 35.5. The van der Waals surface area contributed by atoms with E-state index in [-0.39, 0.29) is 5.91 Å². The largest absolute Gasteiger partial charge is 0.383 e. The Kier molecular flexibility index (Phi) is 5.78. The van der Waals surface area contributed by atoms with E-state index in [9.17, 15) is 4.79 Å². The number of hydrogen-bond acceptors (Lipinski definition) is 3. The molecule has 0 saturated heterocycles. The van der Waals surface area contributed by atoms with Crippen LogP contribution in [0.5, 0.6) is 0 Å². The molecule has 140 valence electrons. The normalized spacial score (nSPS) is 11.0. The number of rotatable bonds is 5. The molecule has 1 amide bonds. The molecule has 5 heteroatoms. The van der Waals surface area contributed by atoms with E-state index in [0.29, 0.717) is 23.7 Å². The number of aromatic nitrogens is 1. The Labute approximate surface area is 164 Å². The van der Waals surface area contributed by atoms with Crippen molar-refractivity contribution >= 4 is 28.4 Å². The standard InChI is InChI=1S/C22H23ClN2O2/c1-13-5-6-16(14(2)11-13)20-12-18(22(26)24-9-10-27-4)17-7-8-19(23)15(3)21(17)25-20/h5-8,11-12H,9-10H2,1-4H3,(H,24,26). The summed E-state index contributed by atoms with van der Waals surface area (Å²) in [4.78, 5) is 17.7. The van der Waals surface area contributed by atoms with Crippen molar-refractivity contribution in [2.75, 3.05) is 20.3 Å². The Hall–Kier alpha value is -2.43. The fraction of sp³-hybridized carbons (Fsp3) is 0.273. The van der Waals surface area contributed by atoms with Gasteiger partial charge in [0.15, 0.2) is 0 Å². The molecule has 0 radical (unpaired) electrons. The summed E-state index contributed by atoms with van der Waals surface area (Å²) in [5, 5.41) is 4.33. The van der Waals surface area contributed by atoms with E-state index >= 15 is 0 Å². The van der Waals surface area contributed by atoms with Crippen LogP contribution in [-0.4, -0.2) is 31.2 Å². The zero-order valence-corrected chi connectivity index (χ0v) is 16.8. The van der Waals surface area contributed by atoms with Gasteiger partial charge in [0.2, 0.25) is 0 Å². The molecule has 4 nitrogen and oxygen atoms in total. The minimum absolute atomic E-state index is 0.146. The van der Waals surface area contributed by atoms with Crippen molar-refractivity contribution in [3.05, 3.63) is 63.7 Å². The number of carbonyl (C=O) groups excluding carboxylic acids is 1. The van der Waals surface area contributed by atoms with Gasteiger partial charge in [-0.1, -0.05) is 41.4 Å². The number of fused-ring (bicyclic) bond motifs is 1. The van der Waals surface area contributed by atoms with Crippen LogP contribution in [0.2, 0.25) is 5.02 Å². The molecule has 2 aromatic carbocycles. The van der Waals surface area contributed by atoms with E-state index in [1.807, 2.05) is 31.2 Å². The molecule has 0 saturated carbocycles. The number of methoxy groups -OCH3 is 1. The molecule has 0 fully saturated rings. The van der Waals surface area contributed by atoms with Crippen molar-refractivity contribution in [2.24, 2.45) is 0 Å². The summed E-state index contributed by atoms with van der Waals surface area (Å²) in [5.41, 5.74) is 6.28. The second-order valence-electron chi connectivity index (χ2n) is 6.69. The highest BCUT2D eigenvalue weighted by Gasteiger charge is 2.17. The third-order valence-electron chi connectivity index (χ3n) is 4.66. The average molecular weight is 383 g/mol. The number of ether oxygens (including phenoxy) is 1. The number of pyridine rings is 1. The minimum atomic E-state index is -0.146. The van der Waals surface area contributed by atoms with Gasteiger partial charge in [0.1, 0.15) is 0 Å². The number of carbonyl (C=O) groups is 1. The van der Waals surface area contributed by atoms with Crippen LogP contribution in [0.3, 0.4) is 0 Å². The number of hydrogen-bond donors (Lipinski definition) is 1. The molecule has 3 aromatic rings. The Morgan fingerprint density at radius 1 is 1.15 bits per heavy atom. The van der Waals surface area contributed by atoms with Gasteiger partial charge < -0.3 is 10.1 Å². The van der Waals surface area contributed by atoms with Gasteiger partial charge in [0.25, 0.3) is 5.91 Å². The number of nitrogens with zero attached hydrogens (tertiary/aromatic N) is 1. The first-order valence-electron chi connectivity index (χ1n) is 8.87. The van der Waals surface area contributed by atoms with Gasteiger partial charge in [-0.25, -0.2) is 4.98 Å². The van der Waals surface area contributed by atoms with E-state index in [0.717, 1.165) is 33.3 Å². The Bertz CT molecular complexity index is 1010. The highest BCUT2D eigenvalue weighted by molar-refractivity contribution is 6.32. The molecule has 3 rings (SSSR count). The first-order valence-corrected chi connectivity index (χ1v) is 9.24. The van der Waals surface area contributed by atoms with Crippen LogP contribution in [0.25, 0.3) is 22.2 Å². The molecule has 1 heterocycles. The van der Waals surface area contributed by atoms with E-state index in [1.165, 1.54) is 5.56 Å². The molecule has 1 aromatic heterocycles. The summed E-state index contributed by atoms with van der Waals surface area (Å²) < 4.78 is 5.03. The lowest BCUT2D eigenvalue weighted by molar-refractivity contribution is 0.0938. The van der Waals surface area contributed by atoms with Gasteiger partial charge in [0, 0.05) is 29.6 Å². The summed E-state index contributed by atoms with van der Waals surface area (Å²) >= 11 is 6.32. The van der Waals surface area contributed by atoms with Crippen LogP contribution in [-0.2, 0) is 4.74 Å². The van der Waals surface area contributed by atoms with Crippen molar-refractivity contribution < 1.29 is 9.53 Å². The van der Waals surface area contributed by atoms with Crippen molar-refractivity contribution in [1.29, 1.82) is 0 Å². The summed E-state index contributed by atoms with van der Waals surface area (Å²) in [6.45, 7) is 6.95. The SMILES string of the molecule is COCCNC(=O)c1cc(-c2ccc(C)cc2C)nc2c(C)c(Cl)ccc12. The molecule has 0 aliphatic rings. The lowest BCUT2D eigenvalue weighted by atomic mass is 9.98. The maximum absolute atomic E-state index is 12.8. The van der Waals surface area contributed by atoms with E-state index in [4.69, 9.17) is 21.3 Å². The summed E-state index contributed by atoms with van der Waals surface area (Å²) in [6, 6.07) is 11.7. The summed E-state index contributed by atoms with van der Waals surface area (Å²) in [5.74, 6) is -0.146. The number of halogens is 1. The van der Waals surface area contributed by atoms with E-state index in [1.54, 1.807) is 7.11 Å². The summed E-state index contributed by atoms with van der Waals surface area (Å²) in [7, 11) is 1.61. The third kappa shape index (κ3) is 3.97. The van der Waals surface area contributed by atoms with Crippen molar-refractivity contribution in [3.63, 3.8) is 0 Å².